The molecule has 2 aromatic carbocycles. The molecule has 2 heterocycles. The van der Waals surface area contributed by atoms with E-state index in [0.29, 0.717) is 11.3 Å². The topological polar surface area (TPSA) is 79.7 Å². The van der Waals surface area contributed by atoms with Gasteiger partial charge in [-0.2, -0.15) is 18.3 Å². The van der Waals surface area contributed by atoms with Gasteiger partial charge >= 0.3 is 12.1 Å². The van der Waals surface area contributed by atoms with Crippen LogP contribution in [0, 0.1) is 12.7 Å². The second kappa shape index (κ2) is 8.66. The van der Waals surface area contributed by atoms with E-state index in [0.717, 1.165) is 28.9 Å². The molecule has 0 aliphatic carbocycles. The number of ether oxygens (including phenoxy) is 3. The molecule has 0 bridgehead atoms. The van der Waals surface area contributed by atoms with Crippen LogP contribution in [0.4, 0.5) is 17.6 Å². The number of nitrogens with zero attached hydrogens (tertiary/aromatic N) is 2. The number of carbonyl (C=O) groups is 1. The van der Waals surface area contributed by atoms with Crippen LogP contribution >= 0.6 is 0 Å². The number of esters is 1. The molecule has 3 aromatic rings. The van der Waals surface area contributed by atoms with Crippen LogP contribution in [0.1, 0.15) is 32.9 Å². The maximum absolute atomic E-state index is 13.9. The van der Waals surface area contributed by atoms with Gasteiger partial charge in [0.15, 0.2) is 6.79 Å². The smallest absolute Gasteiger partial charge is 0.416 e. The number of benzene rings is 2. The lowest BCUT2D eigenvalue weighted by molar-refractivity contribution is -0.137. The fourth-order valence-corrected chi connectivity index (χ4v) is 3.34. The Bertz CT molecular complexity index is 1290. The van der Waals surface area contributed by atoms with Gasteiger partial charge < -0.3 is 14.2 Å². The van der Waals surface area contributed by atoms with Crippen molar-refractivity contribution >= 4 is 5.97 Å². The number of fused-ring (bicyclic) bond motifs is 1. The average molecular weight is 464 g/mol. The van der Waals surface area contributed by atoms with Gasteiger partial charge in [0.25, 0.3) is 0 Å². The van der Waals surface area contributed by atoms with Crippen molar-refractivity contribution in [2.45, 2.75) is 26.3 Å². The predicted octanol–water partition coefficient (Wildman–Crippen LogP) is 3.92. The number of halogens is 4. The first-order valence-electron chi connectivity index (χ1n) is 9.61. The molecule has 0 amide bonds. The van der Waals surface area contributed by atoms with Gasteiger partial charge in [0.2, 0.25) is 11.1 Å². The first-order chi connectivity index (χ1) is 15.6. The number of alkyl halides is 3. The van der Waals surface area contributed by atoms with Crippen molar-refractivity contribution in [1.82, 2.24) is 9.78 Å². The van der Waals surface area contributed by atoms with Crippen LogP contribution in [0.25, 0.3) is 5.69 Å². The molecule has 0 atom stereocenters. The standard InChI is InChI=1S/C22H16F4N2O5/c1-12-5-18(29)19(27-28(12)17-4-2-3-15(8-17)22(24,25)26)21(30)32-10-14-7-16(23)6-13-9-31-11-33-20(13)14/h2-8H,9-11H2,1H3. The molecular formula is C22H16F4N2O5. The van der Waals surface area contributed by atoms with Crippen molar-refractivity contribution in [2.75, 3.05) is 6.79 Å². The molecular weight excluding hydrogens is 448 g/mol. The van der Waals surface area contributed by atoms with Crippen molar-refractivity contribution in [2.24, 2.45) is 0 Å². The summed E-state index contributed by atoms with van der Waals surface area (Å²) in [7, 11) is 0. The normalized spacial score (nSPS) is 13.2. The molecule has 4 rings (SSSR count). The quantitative estimate of drug-likeness (QED) is 0.430. The number of aromatic nitrogens is 2. The van der Waals surface area contributed by atoms with Crippen LogP contribution in [0.5, 0.6) is 5.75 Å². The maximum Gasteiger partial charge on any atom is 0.416 e. The molecule has 0 spiro atoms. The molecule has 1 aromatic heterocycles. The minimum Gasteiger partial charge on any atom is -0.467 e. The third-order valence-electron chi connectivity index (χ3n) is 4.83. The van der Waals surface area contributed by atoms with Gasteiger partial charge in [0.05, 0.1) is 17.9 Å². The molecule has 7 nitrogen and oxygen atoms in total. The minimum atomic E-state index is -4.58. The zero-order valence-corrected chi connectivity index (χ0v) is 17.1. The minimum absolute atomic E-state index is 0.00368. The summed E-state index contributed by atoms with van der Waals surface area (Å²) in [5.41, 5.74) is -1.44. The monoisotopic (exact) mass is 464 g/mol. The molecule has 0 saturated carbocycles. The number of hydrogen-bond donors (Lipinski definition) is 0. The summed E-state index contributed by atoms with van der Waals surface area (Å²) in [4.78, 5) is 24.9. The van der Waals surface area contributed by atoms with E-state index in [-0.39, 0.29) is 30.3 Å². The van der Waals surface area contributed by atoms with Crippen LogP contribution in [0.3, 0.4) is 0 Å². The zero-order chi connectivity index (χ0) is 23.8. The lowest BCUT2D eigenvalue weighted by Crippen LogP contribution is -2.24. The molecule has 0 saturated heterocycles. The Morgan fingerprint density at radius 1 is 1.21 bits per heavy atom. The maximum atomic E-state index is 13.9. The number of hydrogen-bond acceptors (Lipinski definition) is 6. The molecule has 0 fully saturated rings. The fraction of sp³-hybridized carbons (Fsp3) is 0.227. The summed E-state index contributed by atoms with van der Waals surface area (Å²) in [6.45, 7) is 1.11. The van der Waals surface area contributed by atoms with Gasteiger partial charge in [-0.3, -0.25) is 4.79 Å². The average Bonchev–Trinajstić information content (AvgIpc) is 2.76. The third kappa shape index (κ3) is 4.72. The van der Waals surface area contributed by atoms with E-state index in [4.69, 9.17) is 14.2 Å². The molecule has 0 radical (unpaired) electrons. The van der Waals surface area contributed by atoms with E-state index in [2.05, 4.69) is 5.10 Å². The van der Waals surface area contributed by atoms with E-state index in [9.17, 15) is 27.2 Å². The summed E-state index contributed by atoms with van der Waals surface area (Å²) in [5, 5.41) is 3.92. The molecule has 11 heteroatoms. The first kappa shape index (κ1) is 22.5. The zero-order valence-electron chi connectivity index (χ0n) is 17.1. The molecule has 33 heavy (non-hydrogen) atoms. The highest BCUT2D eigenvalue weighted by molar-refractivity contribution is 5.87. The van der Waals surface area contributed by atoms with E-state index >= 15 is 0 Å². The summed E-state index contributed by atoms with van der Waals surface area (Å²) in [6, 6.07) is 7.70. The second-order valence-corrected chi connectivity index (χ2v) is 7.20. The van der Waals surface area contributed by atoms with Crippen molar-refractivity contribution in [3.63, 3.8) is 0 Å². The molecule has 172 valence electrons. The third-order valence-corrected chi connectivity index (χ3v) is 4.83. The molecule has 0 N–H and O–H groups in total. The second-order valence-electron chi connectivity index (χ2n) is 7.20. The van der Waals surface area contributed by atoms with Gasteiger partial charge in [-0.1, -0.05) is 6.07 Å². The van der Waals surface area contributed by atoms with Crippen LogP contribution in [-0.4, -0.2) is 22.5 Å². The van der Waals surface area contributed by atoms with Crippen LogP contribution in [0.15, 0.2) is 47.3 Å². The van der Waals surface area contributed by atoms with Gasteiger partial charge in [0.1, 0.15) is 18.2 Å². The summed E-state index contributed by atoms with van der Waals surface area (Å²) in [5.74, 6) is -1.39. The van der Waals surface area contributed by atoms with Crippen molar-refractivity contribution in [3.8, 4) is 11.4 Å². The molecule has 1 aliphatic heterocycles. The van der Waals surface area contributed by atoms with Gasteiger partial charge in [-0.25, -0.2) is 13.9 Å². The number of carbonyl (C=O) groups excluding carboxylic acids is 1. The number of aryl methyl sites for hydroxylation is 1. The Hall–Kier alpha value is -3.73. The summed E-state index contributed by atoms with van der Waals surface area (Å²) < 4.78 is 69.7. The molecule has 1 aliphatic rings. The van der Waals surface area contributed by atoms with Gasteiger partial charge in [-0.05, 0) is 37.3 Å². The van der Waals surface area contributed by atoms with Crippen LogP contribution in [0.2, 0.25) is 0 Å². The highest BCUT2D eigenvalue weighted by Crippen LogP contribution is 2.31. The predicted molar refractivity (Wildman–Crippen MR) is 105 cm³/mol. The Morgan fingerprint density at radius 2 is 2.00 bits per heavy atom. The Morgan fingerprint density at radius 3 is 2.76 bits per heavy atom. The first-order valence-corrected chi connectivity index (χ1v) is 9.61. The van der Waals surface area contributed by atoms with Crippen LogP contribution < -0.4 is 10.2 Å². The van der Waals surface area contributed by atoms with Gasteiger partial charge in [-0.15, -0.1) is 0 Å². The van der Waals surface area contributed by atoms with E-state index in [1.807, 2.05) is 0 Å². The lowest BCUT2D eigenvalue weighted by atomic mass is 10.1. The Balaban J connectivity index is 1.62. The van der Waals surface area contributed by atoms with Crippen LogP contribution in [-0.2, 0) is 28.9 Å². The Labute approximate surface area is 184 Å². The van der Waals surface area contributed by atoms with E-state index in [1.165, 1.54) is 25.1 Å². The van der Waals surface area contributed by atoms with Gasteiger partial charge in [0, 0.05) is 22.9 Å². The SMILES string of the molecule is Cc1cc(=O)c(C(=O)OCc2cc(F)cc3c2OCOC3)nn1-c1cccc(C(F)(F)F)c1. The highest BCUT2D eigenvalue weighted by Gasteiger charge is 2.31. The summed E-state index contributed by atoms with van der Waals surface area (Å²) >= 11 is 0. The lowest BCUT2D eigenvalue weighted by Gasteiger charge is -2.20. The van der Waals surface area contributed by atoms with Crippen molar-refractivity contribution in [1.29, 1.82) is 0 Å². The van der Waals surface area contributed by atoms with Crippen molar-refractivity contribution < 1.29 is 36.6 Å². The Kier molecular flexibility index (Phi) is 5.90. The largest absolute Gasteiger partial charge is 0.467 e. The van der Waals surface area contributed by atoms with E-state index in [1.54, 1.807) is 0 Å². The fourth-order valence-electron chi connectivity index (χ4n) is 3.34. The number of rotatable bonds is 4. The highest BCUT2D eigenvalue weighted by atomic mass is 19.4. The van der Waals surface area contributed by atoms with Crippen molar-refractivity contribution in [3.05, 3.63) is 86.6 Å². The molecule has 0 unspecified atom stereocenters. The van der Waals surface area contributed by atoms with E-state index < -0.39 is 41.3 Å². The summed E-state index contributed by atoms with van der Waals surface area (Å²) in [6.07, 6.45) is -4.58.